The van der Waals surface area contributed by atoms with Crippen LogP contribution in [-0.2, 0) is 20.7 Å². The minimum absolute atomic E-state index is 0.139. The highest BCUT2D eigenvalue weighted by molar-refractivity contribution is 5.98. The maximum atomic E-state index is 11.9. The van der Waals surface area contributed by atoms with Gasteiger partial charge in [0.2, 0.25) is 0 Å². The van der Waals surface area contributed by atoms with E-state index in [1.54, 1.807) is 14.0 Å². The smallest absolute Gasteiger partial charge is 0.313 e. The number of carbonyl (C=O) groups excluding carboxylic acids is 2. The normalized spacial score (nSPS) is 11.9. The first-order valence-electron chi connectivity index (χ1n) is 6.07. The lowest BCUT2D eigenvalue weighted by atomic mass is 10.0. The third-order valence-corrected chi connectivity index (χ3v) is 2.64. The molecular weight excluding hydrogens is 230 g/mol. The van der Waals surface area contributed by atoms with Gasteiger partial charge >= 0.3 is 5.97 Å². The number of hydrogen-bond acceptors (Lipinski definition) is 4. The quantitative estimate of drug-likeness (QED) is 0.585. The molecule has 0 radical (unpaired) electrons. The van der Waals surface area contributed by atoms with Crippen LogP contribution in [-0.4, -0.2) is 31.4 Å². The molecule has 0 aliphatic heterocycles. The molecule has 0 spiro atoms. The van der Waals surface area contributed by atoms with Crippen molar-refractivity contribution in [2.45, 2.75) is 25.8 Å². The molecule has 0 saturated carbocycles. The van der Waals surface area contributed by atoms with Gasteiger partial charge in [-0.3, -0.25) is 9.59 Å². The summed E-state index contributed by atoms with van der Waals surface area (Å²) in [5.74, 6) is -0.601. The number of Topliss-reactive ketones (excluding diaryl/α,β-unsaturated/α-hetero) is 1. The standard InChI is InChI=1S/C14H19NO3/c1-3-18-14(17)10-13(16)12(15-2)9-11-7-5-4-6-8-11/h4-8,12,15H,3,9-10H2,1-2H3/t12-/m0/s1. The van der Waals surface area contributed by atoms with Crippen molar-refractivity contribution in [3.8, 4) is 0 Å². The van der Waals surface area contributed by atoms with E-state index >= 15 is 0 Å². The van der Waals surface area contributed by atoms with Gasteiger partial charge in [0.15, 0.2) is 5.78 Å². The number of nitrogens with one attached hydrogen (secondary N) is 1. The van der Waals surface area contributed by atoms with Gasteiger partial charge in [0, 0.05) is 0 Å². The predicted molar refractivity (Wildman–Crippen MR) is 69.3 cm³/mol. The molecule has 18 heavy (non-hydrogen) atoms. The molecule has 1 aromatic rings. The van der Waals surface area contributed by atoms with Gasteiger partial charge in [-0.25, -0.2) is 0 Å². The maximum absolute atomic E-state index is 11.9. The lowest BCUT2D eigenvalue weighted by molar-refractivity contribution is -0.145. The average molecular weight is 249 g/mol. The van der Waals surface area contributed by atoms with Crippen LogP contribution in [0.15, 0.2) is 30.3 Å². The molecule has 0 aliphatic rings. The predicted octanol–water partition coefficient (Wildman–Crippen LogP) is 1.34. The molecular formula is C14H19NO3. The number of ketones is 1. The third kappa shape index (κ3) is 4.67. The Morgan fingerprint density at radius 3 is 2.50 bits per heavy atom. The topological polar surface area (TPSA) is 55.4 Å². The summed E-state index contributed by atoms with van der Waals surface area (Å²) in [5.41, 5.74) is 1.06. The maximum Gasteiger partial charge on any atom is 0.313 e. The van der Waals surface area contributed by atoms with Gasteiger partial charge in [-0.1, -0.05) is 30.3 Å². The number of rotatable bonds is 7. The fourth-order valence-corrected chi connectivity index (χ4v) is 1.70. The highest BCUT2D eigenvalue weighted by atomic mass is 16.5. The lowest BCUT2D eigenvalue weighted by Crippen LogP contribution is -2.37. The second kappa shape index (κ2) is 7.61. The molecule has 98 valence electrons. The van der Waals surface area contributed by atoms with Crippen molar-refractivity contribution in [2.75, 3.05) is 13.7 Å². The monoisotopic (exact) mass is 249 g/mol. The Hall–Kier alpha value is -1.68. The van der Waals surface area contributed by atoms with Crippen molar-refractivity contribution in [3.63, 3.8) is 0 Å². The summed E-state index contributed by atoms with van der Waals surface area (Å²) in [7, 11) is 1.72. The van der Waals surface area contributed by atoms with Crippen molar-refractivity contribution in [1.29, 1.82) is 0 Å². The molecule has 1 N–H and O–H groups in total. The number of likely N-dealkylation sites (N-methyl/N-ethyl adjacent to an activating group) is 1. The molecule has 0 fully saturated rings. The van der Waals surface area contributed by atoms with Crippen LogP contribution in [0.3, 0.4) is 0 Å². The summed E-state index contributed by atoms with van der Waals surface area (Å²) in [5, 5.41) is 2.94. The van der Waals surface area contributed by atoms with Crippen LogP contribution < -0.4 is 5.32 Å². The molecule has 0 amide bonds. The van der Waals surface area contributed by atoms with Crippen LogP contribution in [0, 0.1) is 0 Å². The van der Waals surface area contributed by atoms with E-state index in [1.165, 1.54) is 0 Å². The number of benzene rings is 1. The Labute approximate surface area is 107 Å². The summed E-state index contributed by atoms with van der Waals surface area (Å²) in [6.07, 6.45) is 0.405. The van der Waals surface area contributed by atoms with E-state index in [-0.39, 0.29) is 18.2 Å². The zero-order valence-corrected chi connectivity index (χ0v) is 10.8. The van der Waals surface area contributed by atoms with Gasteiger partial charge in [-0.05, 0) is 26.0 Å². The van der Waals surface area contributed by atoms with Crippen LogP contribution in [0.5, 0.6) is 0 Å². The molecule has 1 rings (SSSR count). The number of ether oxygens (including phenoxy) is 1. The summed E-state index contributed by atoms with van der Waals surface area (Å²) in [6, 6.07) is 9.36. The van der Waals surface area contributed by atoms with Crippen LogP contribution in [0.25, 0.3) is 0 Å². The summed E-state index contributed by atoms with van der Waals surface area (Å²) in [6.45, 7) is 2.02. The lowest BCUT2D eigenvalue weighted by Gasteiger charge is -2.14. The Morgan fingerprint density at radius 2 is 1.94 bits per heavy atom. The summed E-state index contributed by atoms with van der Waals surface area (Å²) >= 11 is 0. The van der Waals surface area contributed by atoms with Gasteiger partial charge in [0.1, 0.15) is 6.42 Å². The molecule has 0 unspecified atom stereocenters. The molecule has 0 heterocycles. The summed E-state index contributed by atoms with van der Waals surface area (Å²) < 4.78 is 4.77. The number of esters is 1. The van der Waals surface area contributed by atoms with Gasteiger partial charge in [0.25, 0.3) is 0 Å². The van der Waals surface area contributed by atoms with Crippen molar-refractivity contribution in [2.24, 2.45) is 0 Å². The first-order chi connectivity index (χ1) is 8.67. The molecule has 1 aromatic carbocycles. The van der Waals surface area contributed by atoms with E-state index in [0.717, 1.165) is 5.56 Å². The van der Waals surface area contributed by atoms with Crippen molar-refractivity contribution in [3.05, 3.63) is 35.9 Å². The van der Waals surface area contributed by atoms with Crippen LogP contribution in [0.2, 0.25) is 0 Å². The highest BCUT2D eigenvalue weighted by Gasteiger charge is 2.20. The fourth-order valence-electron chi connectivity index (χ4n) is 1.70. The molecule has 0 aliphatic carbocycles. The third-order valence-electron chi connectivity index (χ3n) is 2.64. The fraction of sp³-hybridized carbons (Fsp3) is 0.429. The number of hydrogen-bond donors (Lipinski definition) is 1. The van der Waals surface area contributed by atoms with Gasteiger partial charge in [0.05, 0.1) is 12.6 Å². The van der Waals surface area contributed by atoms with Crippen LogP contribution >= 0.6 is 0 Å². The Kier molecular flexibility index (Phi) is 6.08. The molecule has 0 bridgehead atoms. The van der Waals surface area contributed by atoms with Gasteiger partial charge in [-0.15, -0.1) is 0 Å². The molecule has 1 atom stereocenters. The number of carbonyl (C=O) groups is 2. The Morgan fingerprint density at radius 1 is 1.28 bits per heavy atom. The van der Waals surface area contributed by atoms with E-state index in [1.807, 2.05) is 30.3 Å². The SMILES string of the molecule is CCOC(=O)CC(=O)[C@H](Cc1ccccc1)NC. The minimum Gasteiger partial charge on any atom is -0.466 e. The first-order valence-corrected chi connectivity index (χ1v) is 6.07. The highest BCUT2D eigenvalue weighted by Crippen LogP contribution is 2.05. The van der Waals surface area contributed by atoms with Crippen LogP contribution in [0.1, 0.15) is 18.9 Å². The second-order valence-electron chi connectivity index (χ2n) is 3.98. The van der Waals surface area contributed by atoms with Crippen molar-refractivity contribution >= 4 is 11.8 Å². The van der Waals surface area contributed by atoms with E-state index in [2.05, 4.69) is 5.32 Å². The van der Waals surface area contributed by atoms with Crippen molar-refractivity contribution in [1.82, 2.24) is 5.32 Å². The van der Waals surface area contributed by atoms with Gasteiger partial charge < -0.3 is 10.1 Å². The molecule has 4 nitrogen and oxygen atoms in total. The summed E-state index contributed by atoms with van der Waals surface area (Å²) in [4.78, 5) is 23.2. The van der Waals surface area contributed by atoms with Crippen molar-refractivity contribution < 1.29 is 14.3 Å². The van der Waals surface area contributed by atoms with E-state index in [9.17, 15) is 9.59 Å². The second-order valence-corrected chi connectivity index (χ2v) is 3.98. The zero-order chi connectivity index (χ0) is 13.4. The Balaban J connectivity index is 2.55. The zero-order valence-electron chi connectivity index (χ0n) is 10.8. The molecule has 0 aromatic heterocycles. The van der Waals surface area contributed by atoms with E-state index in [0.29, 0.717) is 13.0 Å². The Bertz CT molecular complexity index is 389. The van der Waals surface area contributed by atoms with Gasteiger partial charge in [-0.2, -0.15) is 0 Å². The largest absolute Gasteiger partial charge is 0.466 e. The van der Waals surface area contributed by atoms with Crippen LogP contribution in [0.4, 0.5) is 0 Å². The molecule has 0 saturated heterocycles. The average Bonchev–Trinajstić information content (AvgIpc) is 2.37. The van der Waals surface area contributed by atoms with E-state index < -0.39 is 5.97 Å². The van der Waals surface area contributed by atoms with E-state index in [4.69, 9.17) is 4.74 Å². The minimum atomic E-state index is -0.462. The molecule has 4 heteroatoms. The first kappa shape index (κ1) is 14.4.